The Labute approximate surface area is 86.7 Å². The van der Waals surface area contributed by atoms with E-state index in [9.17, 15) is 18.3 Å². The van der Waals surface area contributed by atoms with Crippen LogP contribution in [0.5, 0.6) is 0 Å². The molecule has 76 valence electrons. The van der Waals surface area contributed by atoms with Crippen molar-refractivity contribution in [2.75, 3.05) is 0 Å². The number of rotatable bonds is 1. The molecule has 0 radical (unpaired) electrons. The van der Waals surface area contributed by atoms with Gasteiger partial charge < -0.3 is 5.11 Å². The first-order chi connectivity index (χ1) is 6.46. The Morgan fingerprint density at radius 3 is 2.29 bits per heavy atom. The van der Waals surface area contributed by atoms with Crippen molar-refractivity contribution < 1.29 is 18.3 Å². The summed E-state index contributed by atoms with van der Waals surface area (Å²) in [6.07, 6.45) is 0.753. The van der Waals surface area contributed by atoms with Crippen molar-refractivity contribution >= 4 is 15.9 Å². The van der Waals surface area contributed by atoms with Crippen molar-refractivity contribution in [2.24, 2.45) is 0 Å². The topological polar surface area (TPSA) is 20.2 Å². The van der Waals surface area contributed by atoms with Crippen molar-refractivity contribution in [1.29, 1.82) is 0 Å². The Bertz CT molecular complexity index is 402. The summed E-state index contributed by atoms with van der Waals surface area (Å²) < 4.78 is 38.5. The molecule has 0 bridgehead atoms. The summed E-state index contributed by atoms with van der Waals surface area (Å²) in [5.41, 5.74) is -1.48. The number of aliphatic hydroxyl groups is 1. The molecule has 1 nitrogen and oxygen atoms in total. The Morgan fingerprint density at radius 1 is 1.21 bits per heavy atom. The largest absolute Gasteiger partial charge is 0.385 e. The van der Waals surface area contributed by atoms with Gasteiger partial charge in [-0.15, -0.1) is 0 Å². The van der Waals surface area contributed by atoms with Crippen LogP contribution in [0.4, 0.5) is 13.2 Å². The molecule has 1 aliphatic rings. The van der Waals surface area contributed by atoms with E-state index in [1.54, 1.807) is 0 Å². The number of halogens is 4. The van der Waals surface area contributed by atoms with E-state index in [1.165, 1.54) is 0 Å². The van der Waals surface area contributed by atoms with E-state index in [-0.39, 0.29) is 5.56 Å². The molecule has 1 aliphatic carbocycles. The quantitative estimate of drug-likeness (QED) is 0.612. The standard InChI is InChI=1S/C9H6BrF3O/c10-6-7(12)4(9(14)1-2-9)3-5(11)8(6)13/h3,14H,1-2H2. The lowest BCUT2D eigenvalue weighted by atomic mass is 10.1. The first-order valence-electron chi connectivity index (χ1n) is 4.01. The summed E-state index contributed by atoms with van der Waals surface area (Å²) in [6, 6.07) is 0.711. The maximum atomic E-state index is 13.4. The smallest absolute Gasteiger partial charge is 0.175 e. The van der Waals surface area contributed by atoms with Gasteiger partial charge in [-0.25, -0.2) is 13.2 Å². The molecule has 5 heteroatoms. The van der Waals surface area contributed by atoms with Crippen LogP contribution in [0.3, 0.4) is 0 Å². The monoisotopic (exact) mass is 266 g/mol. The molecular formula is C9H6BrF3O. The molecule has 0 aliphatic heterocycles. The zero-order valence-electron chi connectivity index (χ0n) is 6.95. The van der Waals surface area contributed by atoms with Gasteiger partial charge in [0.05, 0.1) is 10.1 Å². The van der Waals surface area contributed by atoms with Gasteiger partial charge in [0.25, 0.3) is 0 Å². The maximum Gasteiger partial charge on any atom is 0.175 e. The molecule has 1 aromatic carbocycles. The Hall–Kier alpha value is -0.550. The first-order valence-corrected chi connectivity index (χ1v) is 4.81. The van der Waals surface area contributed by atoms with E-state index in [2.05, 4.69) is 15.9 Å². The summed E-state index contributed by atoms with van der Waals surface area (Å²) >= 11 is 2.60. The van der Waals surface area contributed by atoms with Crippen molar-refractivity contribution in [3.05, 3.63) is 33.6 Å². The molecule has 1 N–H and O–H groups in total. The lowest BCUT2D eigenvalue weighted by molar-refractivity contribution is 0.145. The van der Waals surface area contributed by atoms with E-state index >= 15 is 0 Å². The molecule has 0 unspecified atom stereocenters. The Balaban J connectivity index is 2.62. The minimum atomic E-state index is -1.30. The molecule has 1 saturated carbocycles. The summed E-state index contributed by atoms with van der Waals surface area (Å²) in [7, 11) is 0. The summed E-state index contributed by atoms with van der Waals surface area (Å²) in [5.74, 6) is -3.35. The van der Waals surface area contributed by atoms with E-state index in [0.717, 1.165) is 0 Å². The minimum Gasteiger partial charge on any atom is -0.385 e. The summed E-state index contributed by atoms with van der Waals surface area (Å²) in [4.78, 5) is 0. The van der Waals surface area contributed by atoms with Gasteiger partial charge in [0, 0.05) is 5.56 Å². The molecule has 0 amide bonds. The van der Waals surface area contributed by atoms with Crippen LogP contribution in [0.2, 0.25) is 0 Å². The molecule has 0 aromatic heterocycles. The molecule has 1 aromatic rings. The Morgan fingerprint density at radius 2 is 1.79 bits per heavy atom. The lowest BCUT2D eigenvalue weighted by Gasteiger charge is -2.11. The highest BCUT2D eigenvalue weighted by Crippen LogP contribution is 2.47. The molecule has 2 rings (SSSR count). The number of benzene rings is 1. The van der Waals surface area contributed by atoms with Crippen molar-refractivity contribution in [1.82, 2.24) is 0 Å². The average molecular weight is 267 g/mol. The predicted molar refractivity (Wildman–Crippen MR) is 47.1 cm³/mol. The Kier molecular flexibility index (Phi) is 2.12. The van der Waals surface area contributed by atoms with Crippen LogP contribution < -0.4 is 0 Å². The highest BCUT2D eigenvalue weighted by atomic mass is 79.9. The lowest BCUT2D eigenvalue weighted by Crippen LogP contribution is -2.10. The van der Waals surface area contributed by atoms with Gasteiger partial charge in [-0.1, -0.05) is 0 Å². The van der Waals surface area contributed by atoms with Crippen molar-refractivity contribution in [3.63, 3.8) is 0 Å². The molecule has 0 saturated heterocycles. The third-order valence-corrected chi connectivity index (χ3v) is 3.02. The van der Waals surface area contributed by atoms with E-state index < -0.39 is 27.5 Å². The van der Waals surface area contributed by atoms with E-state index in [1.807, 2.05) is 0 Å². The van der Waals surface area contributed by atoms with Crippen LogP contribution in [0, 0.1) is 17.5 Å². The fourth-order valence-electron chi connectivity index (χ4n) is 1.30. The fraction of sp³-hybridized carbons (Fsp3) is 0.333. The highest BCUT2D eigenvalue weighted by Gasteiger charge is 2.45. The molecule has 1 fully saturated rings. The zero-order valence-corrected chi connectivity index (χ0v) is 8.54. The van der Waals surface area contributed by atoms with Crippen LogP contribution in [0.15, 0.2) is 10.5 Å². The van der Waals surface area contributed by atoms with Gasteiger partial charge in [-0.3, -0.25) is 0 Å². The third-order valence-electron chi connectivity index (χ3n) is 2.33. The zero-order chi connectivity index (χ0) is 10.5. The number of hydrogen-bond acceptors (Lipinski definition) is 1. The SMILES string of the molecule is OC1(c2cc(F)c(F)c(Br)c2F)CC1. The van der Waals surface area contributed by atoms with Gasteiger partial charge in [0.15, 0.2) is 11.6 Å². The van der Waals surface area contributed by atoms with Gasteiger partial charge in [-0.05, 0) is 34.8 Å². The van der Waals surface area contributed by atoms with Gasteiger partial charge in [0.1, 0.15) is 5.82 Å². The fourth-order valence-corrected chi connectivity index (χ4v) is 1.70. The molecule has 0 spiro atoms. The third kappa shape index (κ3) is 1.35. The van der Waals surface area contributed by atoms with Crippen LogP contribution in [-0.4, -0.2) is 5.11 Å². The normalized spacial score (nSPS) is 18.4. The molecular weight excluding hydrogens is 261 g/mol. The summed E-state index contributed by atoms with van der Waals surface area (Å²) in [5, 5.41) is 9.57. The second-order valence-corrected chi connectivity index (χ2v) is 4.17. The van der Waals surface area contributed by atoms with Crippen LogP contribution in [-0.2, 0) is 5.60 Å². The van der Waals surface area contributed by atoms with Gasteiger partial charge >= 0.3 is 0 Å². The second kappa shape index (κ2) is 2.97. The molecule has 0 atom stereocenters. The van der Waals surface area contributed by atoms with Crippen molar-refractivity contribution in [3.8, 4) is 0 Å². The van der Waals surface area contributed by atoms with Crippen molar-refractivity contribution in [2.45, 2.75) is 18.4 Å². The second-order valence-electron chi connectivity index (χ2n) is 3.38. The average Bonchev–Trinajstić information content (AvgIpc) is 2.87. The predicted octanol–water partition coefficient (Wildman–Crippen LogP) is 2.85. The van der Waals surface area contributed by atoms with Crippen LogP contribution in [0.1, 0.15) is 18.4 Å². The number of hydrogen-bond donors (Lipinski definition) is 1. The first kappa shape index (κ1) is 9.98. The van der Waals surface area contributed by atoms with Gasteiger partial charge in [0.2, 0.25) is 0 Å². The van der Waals surface area contributed by atoms with Crippen LogP contribution >= 0.6 is 15.9 Å². The summed E-state index contributed by atoms with van der Waals surface area (Å²) in [6.45, 7) is 0. The van der Waals surface area contributed by atoms with E-state index in [0.29, 0.717) is 18.9 Å². The highest BCUT2D eigenvalue weighted by molar-refractivity contribution is 9.10. The molecule has 14 heavy (non-hydrogen) atoms. The van der Waals surface area contributed by atoms with Crippen LogP contribution in [0.25, 0.3) is 0 Å². The maximum absolute atomic E-state index is 13.4. The molecule has 0 heterocycles. The van der Waals surface area contributed by atoms with E-state index in [4.69, 9.17) is 0 Å². The minimum absolute atomic E-state index is 0.178. The van der Waals surface area contributed by atoms with Gasteiger partial charge in [-0.2, -0.15) is 0 Å².